The minimum Gasteiger partial charge on any atom is -0.506 e. The van der Waals surface area contributed by atoms with Crippen LogP contribution in [0.1, 0.15) is 17.0 Å². The van der Waals surface area contributed by atoms with E-state index in [9.17, 15) is 13.9 Å². The van der Waals surface area contributed by atoms with Gasteiger partial charge in [-0.3, -0.25) is 0 Å². The van der Waals surface area contributed by atoms with Crippen LogP contribution in [0.4, 0.5) is 8.78 Å². The molecule has 0 spiro atoms. The van der Waals surface area contributed by atoms with Crippen molar-refractivity contribution in [2.45, 2.75) is 12.3 Å². The van der Waals surface area contributed by atoms with Gasteiger partial charge in [0.15, 0.2) is 0 Å². The third-order valence-corrected chi connectivity index (χ3v) is 3.48. The van der Waals surface area contributed by atoms with Crippen molar-refractivity contribution in [1.29, 1.82) is 0 Å². The van der Waals surface area contributed by atoms with Gasteiger partial charge in [0, 0.05) is 5.92 Å². The average molecular weight is 298 g/mol. The van der Waals surface area contributed by atoms with Crippen LogP contribution in [0.3, 0.4) is 0 Å². The van der Waals surface area contributed by atoms with Crippen molar-refractivity contribution in [3.63, 3.8) is 0 Å². The summed E-state index contributed by atoms with van der Waals surface area (Å²) < 4.78 is 27.0. The molecule has 0 saturated heterocycles. The average Bonchev–Trinajstić information content (AvgIpc) is 2.43. The smallest absolute Gasteiger partial charge is 0.134 e. The minimum atomic E-state index is -0.497. The lowest BCUT2D eigenvalue weighted by molar-refractivity contribution is 0.475. The van der Waals surface area contributed by atoms with Crippen molar-refractivity contribution in [1.82, 2.24) is 0 Å². The fraction of sp³-hybridized carbons (Fsp3) is 0.200. The van der Waals surface area contributed by atoms with E-state index in [1.54, 1.807) is 12.1 Å². The van der Waals surface area contributed by atoms with Crippen LogP contribution in [0, 0.1) is 11.6 Å². The van der Waals surface area contributed by atoms with E-state index in [2.05, 4.69) is 0 Å². The van der Waals surface area contributed by atoms with E-state index in [4.69, 9.17) is 17.3 Å². The molecule has 1 unspecified atom stereocenters. The van der Waals surface area contributed by atoms with Gasteiger partial charge in [-0.1, -0.05) is 17.7 Å². The summed E-state index contributed by atoms with van der Waals surface area (Å²) in [6.07, 6.45) is 0.414. The van der Waals surface area contributed by atoms with Crippen molar-refractivity contribution in [2.75, 3.05) is 6.54 Å². The Bertz CT molecular complexity index is 619. The van der Waals surface area contributed by atoms with Crippen LogP contribution in [-0.4, -0.2) is 11.7 Å². The molecular formula is C15H14ClF2NO. The van der Waals surface area contributed by atoms with Gasteiger partial charge in [0.25, 0.3) is 0 Å². The van der Waals surface area contributed by atoms with Crippen molar-refractivity contribution in [2.24, 2.45) is 5.73 Å². The Morgan fingerprint density at radius 2 is 1.90 bits per heavy atom. The quantitative estimate of drug-likeness (QED) is 0.905. The number of benzene rings is 2. The van der Waals surface area contributed by atoms with E-state index >= 15 is 0 Å². The molecule has 0 bridgehead atoms. The van der Waals surface area contributed by atoms with Crippen LogP contribution in [-0.2, 0) is 6.42 Å². The molecule has 0 aliphatic carbocycles. The highest BCUT2D eigenvalue weighted by atomic mass is 35.5. The third-order valence-electron chi connectivity index (χ3n) is 3.18. The second-order valence-corrected chi connectivity index (χ2v) is 5.00. The molecule has 5 heteroatoms. The molecule has 2 nitrogen and oxygen atoms in total. The standard InChI is InChI=1S/C15H14ClF2NO/c16-13-6-9(1-4-15(13)20)5-10(8-19)12-7-11(17)2-3-14(12)18/h1-4,6-7,10,20H,5,8,19H2. The van der Waals surface area contributed by atoms with Crippen molar-refractivity contribution >= 4 is 11.6 Å². The Morgan fingerprint density at radius 3 is 2.55 bits per heavy atom. The monoisotopic (exact) mass is 297 g/mol. The van der Waals surface area contributed by atoms with E-state index in [0.29, 0.717) is 6.42 Å². The maximum absolute atomic E-state index is 13.8. The zero-order chi connectivity index (χ0) is 14.7. The highest BCUT2D eigenvalue weighted by Gasteiger charge is 2.16. The Balaban J connectivity index is 2.28. The van der Waals surface area contributed by atoms with E-state index in [0.717, 1.165) is 23.8 Å². The second kappa shape index (κ2) is 6.20. The molecule has 2 aromatic rings. The molecule has 0 heterocycles. The van der Waals surface area contributed by atoms with Gasteiger partial charge in [0.1, 0.15) is 17.4 Å². The van der Waals surface area contributed by atoms with Crippen LogP contribution in [0.5, 0.6) is 5.75 Å². The summed E-state index contributed by atoms with van der Waals surface area (Å²) in [6, 6.07) is 8.07. The largest absolute Gasteiger partial charge is 0.506 e. The zero-order valence-corrected chi connectivity index (χ0v) is 11.4. The summed E-state index contributed by atoms with van der Waals surface area (Å²) in [5, 5.41) is 9.59. The fourth-order valence-electron chi connectivity index (χ4n) is 2.11. The predicted molar refractivity (Wildman–Crippen MR) is 75.0 cm³/mol. The van der Waals surface area contributed by atoms with E-state index in [1.807, 2.05) is 0 Å². The van der Waals surface area contributed by atoms with Crippen LogP contribution >= 0.6 is 11.6 Å². The van der Waals surface area contributed by atoms with Gasteiger partial charge in [0.2, 0.25) is 0 Å². The van der Waals surface area contributed by atoms with E-state index in [-0.39, 0.29) is 28.8 Å². The molecule has 0 aromatic heterocycles. The highest BCUT2D eigenvalue weighted by Crippen LogP contribution is 2.28. The Labute approximate surface area is 120 Å². The van der Waals surface area contributed by atoms with Crippen molar-refractivity contribution in [3.05, 3.63) is 64.2 Å². The minimum absolute atomic E-state index is 0.0170. The molecule has 2 aromatic carbocycles. The molecule has 20 heavy (non-hydrogen) atoms. The molecule has 0 aliphatic heterocycles. The Kier molecular flexibility index (Phi) is 4.57. The van der Waals surface area contributed by atoms with Crippen LogP contribution in [0.15, 0.2) is 36.4 Å². The Morgan fingerprint density at radius 1 is 1.15 bits per heavy atom. The summed E-state index contributed by atoms with van der Waals surface area (Å²) in [5.41, 5.74) is 6.71. The fourth-order valence-corrected chi connectivity index (χ4v) is 2.31. The number of hydrogen-bond donors (Lipinski definition) is 2. The first-order valence-electron chi connectivity index (χ1n) is 6.13. The first-order valence-corrected chi connectivity index (χ1v) is 6.51. The molecule has 0 amide bonds. The van der Waals surface area contributed by atoms with Gasteiger partial charge >= 0.3 is 0 Å². The summed E-state index contributed by atoms with van der Waals surface area (Å²) in [4.78, 5) is 0. The normalized spacial score (nSPS) is 12.4. The maximum Gasteiger partial charge on any atom is 0.134 e. The Hall–Kier alpha value is -1.65. The number of phenolic OH excluding ortho intramolecular Hbond substituents is 1. The highest BCUT2D eigenvalue weighted by molar-refractivity contribution is 6.32. The topological polar surface area (TPSA) is 46.2 Å². The second-order valence-electron chi connectivity index (χ2n) is 4.59. The first kappa shape index (κ1) is 14.8. The lowest BCUT2D eigenvalue weighted by Crippen LogP contribution is -2.16. The zero-order valence-electron chi connectivity index (χ0n) is 10.6. The van der Waals surface area contributed by atoms with Crippen LogP contribution in [0.25, 0.3) is 0 Å². The molecular weight excluding hydrogens is 284 g/mol. The van der Waals surface area contributed by atoms with Gasteiger partial charge in [0.05, 0.1) is 5.02 Å². The third kappa shape index (κ3) is 3.26. The number of hydrogen-bond acceptors (Lipinski definition) is 2. The molecule has 3 N–H and O–H groups in total. The number of nitrogens with two attached hydrogens (primary N) is 1. The van der Waals surface area contributed by atoms with Crippen LogP contribution in [0.2, 0.25) is 5.02 Å². The number of phenols is 1. The molecule has 2 rings (SSSR count). The maximum atomic E-state index is 13.8. The van der Waals surface area contributed by atoms with Crippen molar-refractivity contribution in [3.8, 4) is 5.75 Å². The SMILES string of the molecule is NCC(Cc1ccc(O)c(Cl)c1)c1cc(F)ccc1F. The van der Waals surface area contributed by atoms with Gasteiger partial charge in [-0.05, 0) is 54.4 Å². The summed E-state index contributed by atoms with van der Waals surface area (Å²) in [6.45, 7) is 0.179. The molecule has 0 fully saturated rings. The van der Waals surface area contributed by atoms with Crippen molar-refractivity contribution < 1.29 is 13.9 Å². The first-order chi connectivity index (χ1) is 9.51. The van der Waals surface area contributed by atoms with Gasteiger partial charge in [-0.25, -0.2) is 8.78 Å². The lowest BCUT2D eigenvalue weighted by Gasteiger charge is -2.16. The predicted octanol–water partition coefficient (Wildman–Crippen LogP) is 3.61. The van der Waals surface area contributed by atoms with E-state index < -0.39 is 11.6 Å². The number of aromatic hydroxyl groups is 1. The molecule has 0 aliphatic rings. The number of rotatable bonds is 4. The lowest BCUT2D eigenvalue weighted by atomic mass is 9.91. The molecule has 0 radical (unpaired) electrons. The molecule has 0 saturated carbocycles. The summed E-state index contributed by atoms with van der Waals surface area (Å²) in [7, 11) is 0. The number of halogens is 3. The summed E-state index contributed by atoms with van der Waals surface area (Å²) in [5.74, 6) is -1.35. The van der Waals surface area contributed by atoms with Gasteiger partial charge in [-0.2, -0.15) is 0 Å². The van der Waals surface area contributed by atoms with Crippen LogP contribution < -0.4 is 5.73 Å². The van der Waals surface area contributed by atoms with E-state index in [1.165, 1.54) is 6.07 Å². The molecule has 106 valence electrons. The van der Waals surface area contributed by atoms with Gasteiger partial charge in [-0.15, -0.1) is 0 Å². The molecule has 1 atom stereocenters. The van der Waals surface area contributed by atoms with Gasteiger partial charge < -0.3 is 10.8 Å². The summed E-state index contributed by atoms with van der Waals surface area (Å²) >= 11 is 5.83.